The van der Waals surface area contributed by atoms with Crippen molar-refractivity contribution in [2.45, 2.75) is 45.8 Å². The second-order valence-corrected chi connectivity index (χ2v) is 4.61. The van der Waals surface area contributed by atoms with Gasteiger partial charge in [0.05, 0.1) is 13.3 Å². The molecular formula is C12H21N3O2. The van der Waals surface area contributed by atoms with Crippen molar-refractivity contribution in [3.8, 4) is 0 Å². The Hall–Kier alpha value is -1.36. The predicted molar refractivity (Wildman–Crippen MR) is 65.5 cm³/mol. The summed E-state index contributed by atoms with van der Waals surface area (Å²) in [7, 11) is 1.39. The van der Waals surface area contributed by atoms with E-state index in [1.807, 2.05) is 30.9 Å². The van der Waals surface area contributed by atoms with E-state index in [4.69, 9.17) is 4.74 Å². The predicted octanol–water partition coefficient (Wildman–Crippen LogP) is 1.51. The minimum Gasteiger partial charge on any atom is -0.468 e. The van der Waals surface area contributed by atoms with Gasteiger partial charge in [-0.1, -0.05) is 0 Å². The fourth-order valence-electron chi connectivity index (χ4n) is 1.71. The zero-order valence-corrected chi connectivity index (χ0v) is 11.2. The molecule has 0 aliphatic heterocycles. The number of aryl methyl sites for hydroxylation is 1. The number of nitrogens with one attached hydrogen (secondary N) is 1. The van der Waals surface area contributed by atoms with Gasteiger partial charge in [-0.05, 0) is 27.7 Å². The second kappa shape index (κ2) is 5.31. The monoisotopic (exact) mass is 239 g/mol. The third kappa shape index (κ3) is 3.30. The molecule has 0 amide bonds. The Morgan fingerprint density at radius 1 is 1.65 bits per heavy atom. The molecule has 17 heavy (non-hydrogen) atoms. The number of esters is 1. The number of hydrogen-bond acceptors (Lipinski definition) is 4. The molecule has 0 spiro atoms. The Morgan fingerprint density at radius 2 is 2.29 bits per heavy atom. The summed E-state index contributed by atoms with van der Waals surface area (Å²) in [6.07, 6.45) is 3.79. The molecule has 1 N–H and O–H groups in total. The van der Waals surface area contributed by atoms with Crippen LogP contribution < -0.4 is 5.32 Å². The second-order valence-electron chi connectivity index (χ2n) is 4.61. The van der Waals surface area contributed by atoms with Gasteiger partial charge < -0.3 is 4.74 Å². The minimum absolute atomic E-state index is 0.0457. The van der Waals surface area contributed by atoms with Gasteiger partial charge in [0.1, 0.15) is 5.54 Å². The van der Waals surface area contributed by atoms with Gasteiger partial charge in [0.25, 0.3) is 0 Å². The molecule has 0 fully saturated rings. The van der Waals surface area contributed by atoms with Gasteiger partial charge in [-0.25, -0.2) is 0 Å². The van der Waals surface area contributed by atoms with E-state index in [1.54, 1.807) is 13.8 Å². The summed E-state index contributed by atoms with van der Waals surface area (Å²) in [4.78, 5) is 11.6. The van der Waals surface area contributed by atoms with Gasteiger partial charge in [-0.2, -0.15) is 5.10 Å². The third-order valence-electron chi connectivity index (χ3n) is 2.75. The van der Waals surface area contributed by atoms with E-state index in [-0.39, 0.29) is 12.0 Å². The normalized spacial score (nSPS) is 13.5. The summed E-state index contributed by atoms with van der Waals surface area (Å²) in [6.45, 7) is 8.49. The van der Waals surface area contributed by atoms with E-state index in [2.05, 4.69) is 10.4 Å². The molecule has 0 bridgehead atoms. The van der Waals surface area contributed by atoms with Crippen LogP contribution in [-0.4, -0.2) is 28.4 Å². The number of rotatable bonds is 5. The molecule has 5 heteroatoms. The van der Waals surface area contributed by atoms with Crippen LogP contribution in [0, 0.1) is 0 Å². The highest BCUT2D eigenvalue weighted by atomic mass is 16.5. The summed E-state index contributed by atoms with van der Waals surface area (Å²) in [5.74, 6) is -0.271. The number of carbonyl (C=O) groups is 1. The average Bonchev–Trinajstić information content (AvgIpc) is 2.75. The van der Waals surface area contributed by atoms with E-state index in [0.29, 0.717) is 0 Å². The molecule has 1 heterocycles. The molecule has 0 aliphatic rings. The van der Waals surface area contributed by atoms with Crippen molar-refractivity contribution < 1.29 is 9.53 Å². The fraction of sp³-hybridized carbons (Fsp3) is 0.667. The Morgan fingerprint density at radius 3 is 2.76 bits per heavy atom. The zero-order valence-electron chi connectivity index (χ0n) is 11.2. The Labute approximate surface area is 102 Å². The van der Waals surface area contributed by atoms with Crippen molar-refractivity contribution in [1.29, 1.82) is 0 Å². The highest BCUT2D eigenvalue weighted by Gasteiger charge is 2.30. The van der Waals surface area contributed by atoms with Gasteiger partial charge in [0.2, 0.25) is 0 Å². The molecule has 0 saturated heterocycles. The van der Waals surface area contributed by atoms with Gasteiger partial charge in [-0.15, -0.1) is 0 Å². The lowest BCUT2D eigenvalue weighted by molar-refractivity contribution is -0.147. The SMILES string of the molecule is CCn1cc(C(C)NC(C)(C)C(=O)OC)cn1. The lowest BCUT2D eigenvalue weighted by Gasteiger charge is -2.27. The smallest absolute Gasteiger partial charge is 0.325 e. The van der Waals surface area contributed by atoms with E-state index >= 15 is 0 Å². The maximum absolute atomic E-state index is 11.6. The number of carbonyl (C=O) groups excluding carboxylic acids is 1. The number of methoxy groups -OCH3 is 1. The minimum atomic E-state index is -0.706. The number of ether oxygens (including phenoxy) is 1. The maximum atomic E-state index is 11.6. The van der Waals surface area contributed by atoms with E-state index in [0.717, 1.165) is 12.1 Å². The quantitative estimate of drug-likeness (QED) is 0.791. The number of nitrogens with zero attached hydrogens (tertiary/aromatic N) is 2. The van der Waals surface area contributed by atoms with Crippen molar-refractivity contribution in [3.05, 3.63) is 18.0 Å². The van der Waals surface area contributed by atoms with Gasteiger partial charge in [0, 0.05) is 24.3 Å². The molecule has 1 rings (SSSR count). The van der Waals surface area contributed by atoms with Crippen LogP contribution in [0.4, 0.5) is 0 Å². The summed E-state index contributed by atoms with van der Waals surface area (Å²) >= 11 is 0. The van der Waals surface area contributed by atoms with Crippen molar-refractivity contribution >= 4 is 5.97 Å². The molecule has 96 valence electrons. The van der Waals surface area contributed by atoms with E-state index < -0.39 is 5.54 Å². The van der Waals surface area contributed by atoms with Crippen LogP contribution in [0.15, 0.2) is 12.4 Å². The first kappa shape index (κ1) is 13.7. The van der Waals surface area contributed by atoms with Gasteiger partial charge >= 0.3 is 5.97 Å². The molecule has 0 aromatic carbocycles. The first-order valence-electron chi connectivity index (χ1n) is 5.79. The highest BCUT2D eigenvalue weighted by Crippen LogP contribution is 2.16. The fourth-order valence-corrected chi connectivity index (χ4v) is 1.71. The molecule has 5 nitrogen and oxygen atoms in total. The molecule has 0 aliphatic carbocycles. The van der Waals surface area contributed by atoms with Crippen molar-refractivity contribution in [1.82, 2.24) is 15.1 Å². The van der Waals surface area contributed by atoms with Gasteiger partial charge in [-0.3, -0.25) is 14.8 Å². The Kier molecular flexibility index (Phi) is 4.28. The third-order valence-corrected chi connectivity index (χ3v) is 2.75. The first-order valence-corrected chi connectivity index (χ1v) is 5.79. The van der Waals surface area contributed by atoms with Crippen LogP contribution in [0.2, 0.25) is 0 Å². The van der Waals surface area contributed by atoms with Crippen LogP contribution >= 0.6 is 0 Å². The number of aromatic nitrogens is 2. The zero-order chi connectivity index (χ0) is 13.1. The van der Waals surface area contributed by atoms with Crippen molar-refractivity contribution in [2.24, 2.45) is 0 Å². The molecule has 0 saturated carbocycles. The van der Waals surface area contributed by atoms with Crippen molar-refractivity contribution in [3.63, 3.8) is 0 Å². The van der Waals surface area contributed by atoms with Crippen LogP contribution in [0.5, 0.6) is 0 Å². The largest absolute Gasteiger partial charge is 0.468 e. The van der Waals surface area contributed by atoms with Gasteiger partial charge in [0.15, 0.2) is 0 Å². The lowest BCUT2D eigenvalue weighted by Crippen LogP contribution is -2.48. The summed E-state index contributed by atoms with van der Waals surface area (Å²) in [5.41, 5.74) is 0.353. The molecular weight excluding hydrogens is 218 g/mol. The maximum Gasteiger partial charge on any atom is 0.325 e. The van der Waals surface area contributed by atoms with Crippen LogP contribution in [0.25, 0.3) is 0 Å². The standard InChI is InChI=1S/C12H21N3O2/c1-6-15-8-10(7-13-15)9(2)14-12(3,4)11(16)17-5/h7-9,14H,6H2,1-5H3. The van der Waals surface area contributed by atoms with Crippen molar-refractivity contribution in [2.75, 3.05) is 7.11 Å². The molecule has 1 unspecified atom stereocenters. The summed E-state index contributed by atoms with van der Waals surface area (Å²) < 4.78 is 6.62. The first-order chi connectivity index (χ1) is 7.90. The topological polar surface area (TPSA) is 56.2 Å². The Balaban J connectivity index is 2.71. The molecule has 1 aromatic rings. The highest BCUT2D eigenvalue weighted by molar-refractivity contribution is 5.79. The average molecular weight is 239 g/mol. The summed E-state index contributed by atoms with van der Waals surface area (Å²) in [6, 6.07) is 0.0457. The van der Waals surface area contributed by atoms with E-state index in [9.17, 15) is 4.79 Å². The lowest BCUT2D eigenvalue weighted by atomic mass is 10.0. The van der Waals surface area contributed by atoms with Crippen LogP contribution in [-0.2, 0) is 16.1 Å². The van der Waals surface area contributed by atoms with Crippen LogP contribution in [0.1, 0.15) is 39.3 Å². The molecule has 1 aromatic heterocycles. The molecule has 1 atom stereocenters. The van der Waals surface area contributed by atoms with Crippen LogP contribution in [0.3, 0.4) is 0 Å². The molecule has 0 radical (unpaired) electrons. The Bertz CT molecular complexity index is 385. The van der Waals surface area contributed by atoms with E-state index in [1.165, 1.54) is 7.11 Å². The summed E-state index contributed by atoms with van der Waals surface area (Å²) in [5, 5.41) is 7.44. The number of hydrogen-bond donors (Lipinski definition) is 1.